The second-order valence-corrected chi connectivity index (χ2v) is 2.58. The molecule has 0 radical (unpaired) electrons. The zero-order valence-electron chi connectivity index (χ0n) is 7.09. The van der Waals surface area contributed by atoms with E-state index >= 15 is 0 Å². The predicted molar refractivity (Wildman–Crippen MR) is 45.3 cm³/mol. The highest BCUT2D eigenvalue weighted by molar-refractivity contribution is 4.99. The molecule has 4 nitrogen and oxygen atoms in total. The molecule has 0 aliphatic carbocycles. The number of hydrogen-bond acceptors (Lipinski definition) is 3. The van der Waals surface area contributed by atoms with Crippen molar-refractivity contribution in [3.63, 3.8) is 0 Å². The number of nitrogens with one attached hydrogen (secondary N) is 2. The van der Waals surface area contributed by atoms with Crippen LogP contribution in [0.15, 0.2) is 6.20 Å². The Bertz CT molecular complexity index is 271. The van der Waals surface area contributed by atoms with Crippen molar-refractivity contribution < 1.29 is 0 Å². The van der Waals surface area contributed by atoms with Crippen LogP contribution in [0.5, 0.6) is 0 Å². The first-order valence-corrected chi connectivity index (χ1v) is 3.91. The number of aromatic nitrogens is 2. The topological polar surface area (TPSA) is 64.5 Å². The van der Waals surface area contributed by atoms with Crippen molar-refractivity contribution in [2.75, 3.05) is 6.54 Å². The molecule has 0 aliphatic rings. The number of rotatable bonds is 4. The Morgan fingerprint density at radius 1 is 1.75 bits per heavy atom. The molecule has 0 spiro atoms. The third kappa shape index (κ3) is 2.72. The van der Waals surface area contributed by atoms with Gasteiger partial charge in [-0.2, -0.15) is 5.26 Å². The molecule has 1 rings (SSSR count). The van der Waals surface area contributed by atoms with Crippen LogP contribution >= 0.6 is 0 Å². The first-order valence-electron chi connectivity index (χ1n) is 3.91. The summed E-state index contributed by atoms with van der Waals surface area (Å²) in [5, 5.41) is 11.4. The molecule has 1 aromatic rings. The summed E-state index contributed by atoms with van der Waals surface area (Å²) >= 11 is 0. The summed E-state index contributed by atoms with van der Waals surface area (Å²) in [5.74, 6) is 0.923. The summed E-state index contributed by atoms with van der Waals surface area (Å²) < 4.78 is 0. The van der Waals surface area contributed by atoms with Gasteiger partial charge in [0.05, 0.1) is 6.07 Å². The van der Waals surface area contributed by atoms with Crippen LogP contribution < -0.4 is 5.32 Å². The standard InChI is InChI=1S/C8H12N4/c1-7-11-6-8(12-7)5-10-4-2-3-9/h6,10H,2,4-5H2,1H3,(H,11,12). The van der Waals surface area contributed by atoms with Gasteiger partial charge >= 0.3 is 0 Å². The van der Waals surface area contributed by atoms with Crippen molar-refractivity contribution in [2.45, 2.75) is 19.9 Å². The van der Waals surface area contributed by atoms with Crippen LogP contribution in [-0.2, 0) is 6.54 Å². The molecule has 0 saturated heterocycles. The number of aromatic amines is 1. The molecule has 1 aromatic heterocycles. The van der Waals surface area contributed by atoms with Crippen molar-refractivity contribution in [1.82, 2.24) is 15.3 Å². The zero-order chi connectivity index (χ0) is 8.81. The van der Waals surface area contributed by atoms with Gasteiger partial charge in [-0.3, -0.25) is 0 Å². The summed E-state index contributed by atoms with van der Waals surface area (Å²) in [7, 11) is 0. The number of nitriles is 1. The maximum absolute atomic E-state index is 8.26. The van der Waals surface area contributed by atoms with Crippen molar-refractivity contribution >= 4 is 0 Å². The first kappa shape index (κ1) is 8.75. The van der Waals surface area contributed by atoms with Gasteiger partial charge < -0.3 is 10.3 Å². The van der Waals surface area contributed by atoms with Crippen molar-refractivity contribution in [3.05, 3.63) is 17.7 Å². The fourth-order valence-electron chi connectivity index (χ4n) is 0.929. The first-order chi connectivity index (χ1) is 5.83. The molecule has 2 N–H and O–H groups in total. The number of hydrogen-bond donors (Lipinski definition) is 2. The average Bonchev–Trinajstić information content (AvgIpc) is 2.45. The maximum atomic E-state index is 8.26. The fourth-order valence-corrected chi connectivity index (χ4v) is 0.929. The minimum absolute atomic E-state index is 0.549. The molecule has 0 bridgehead atoms. The molecule has 0 amide bonds. The normalized spacial score (nSPS) is 9.67. The second kappa shape index (κ2) is 4.52. The Hall–Kier alpha value is -1.34. The van der Waals surface area contributed by atoms with E-state index in [2.05, 4.69) is 21.4 Å². The van der Waals surface area contributed by atoms with Crippen molar-refractivity contribution in [3.8, 4) is 6.07 Å². The van der Waals surface area contributed by atoms with Gasteiger partial charge in [-0.05, 0) is 6.92 Å². The van der Waals surface area contributed by atoms with Crippen molar-refractivity contribution in [2.24, 2.45) is 0 Å². The molecule has 1 heterocycles. The van der Waals surface area contributed by atoms with Crippen LogP contribution in [0.3, 0.4) is 0 Å². The Morgan fingerprint density at radius 2 is 2.58 bits per heavy atom. The van der Waals surface area contributed by atoms with Gasteiger partial charge in [-0.25, -0.2) is 4.98 Å². The SMILES string of the molecule is Cc1ncc(CNCCC#N)[nH]1. The summed E-state index contributed by atoms with van der Waals surface area (Å²) in [4.78, 5) is 7.15. The lowest BCUT2D eigenvalue weighted by Crippen LogP contribution is -2.14. The monoisotopic (exact) mass is 164 g/mol. The summed E-state index contributed by atoms with van der Waals surface area (Å²) in [6, 6.07) is 2.07. The molecule has 0 atom stereocenters. The third-order valence-corrected chi connectivity index (χ3v) is 1.48. The molecule has 12 heavy (non-hydrogen) atoms. The van der Waals surface area contributed by atoms with Crippen LogP contribution in [0, 0.1) is 18.3 Å². The third-order valence-electron chi connectivity index (χ3n) is 1.48. The number of H-pyrrole nitrogens is 1. The highest BCUT2D eigenvalue weighted by Gasteiger charge is 1.94. The van der Waals surface area contributed by atoms with E-state index in [0.29, 0.717) is 6.42 Å². The van der Waals surface area contributed by atoms with Crippen LogP contribution in [0.4, 0.5) is 0 Å². The molecule has 0 aromatic carbocycles. The van der Waals surface area contributed by atoms with Gasteiger partial charge in [0.1, 0.15) is 5.82 Å². The summed E-state index contributed by atoms with van der Waals surface area (Å²) in [5.41, 5.74) is 1.06. The Morgan fingerprint density at radius 3 is 3.17 bits per heavy atom. The molecule has 4 heteroatoms. The van der Waals surface area contributed by atoms with E-state index in [-0.39, 0.29) is 0 Å². The summed E-state index contributed by atoms with van der Waals surface area (Å²) in [6.07, 6.45) is 2.35. The Balaban J connectivity index is 2.21. The lowest BCUT2D eigenvalue weighted by atomic mass is 10.4. The average molecular weight is 164 g/mol. The highest BCUT2D eigenvalue weighted by Crippen LogP contribution is 1.93. The van der Waals surface area contributed by atoms with Crippen LogP contribution in [0.2, 0.25) is 0 Å². The predicted octanol–water partition coefficient (Wildman–Crippen LogP) is 0.721. The van der Waals surface area contributed by atoms with Crippen molar-refractivity contribution in [1.29, 1.82) is 5.26 Å². The lowest BCUT2D eigenvalue weighted by molar-refractivity contribution is 0.687. The largest absolute Gasteiger partial charge is 0.345 e. The van der Waals surface area contributed by atoms with E-state index in [1.54, 1.807) is 6.20 Å². The van der Waals surface area contributed by atoms with E-state index in [1.165, 1.54) is 0 Å². The molecule has 0 unspecified atom stereocenters. The summed E-state index contributed by atoms with van der Waals surface area (Å²) in [6.45, 7) is 3.40. The smallest absolute Gasteiger partial charge is 0.103 e. The van der Waals surface area contributed by atoms with Crippen LogP contribution in [0.25, 0.3) is 0 Å². The van der Waals surface area contributed by atoms with E-state index in [4.69, 9.17) is 5.26 Å². The van der Waals surface area contributed by atoms with E-state index in [0.717, 1.165) is 24.6 Å². The number of imidazole rings is 1. The maximum Gasteiger partial charge on any atom is 0.103 e. The zero-order valence-corrected chi connectivity index (χ0v) is 7.09. The highest BCUT2D eigenvalue weighted by atomic mass is 14.9. The molecular weight excluding hydrogens is 152 g/mol. The van der Waals surface area contributed by atoms with Gasteiger partial charge in [0.15, 0.2) is 0 Å². The van der Waals surface area contributed by atoms with Gasteiger partial charge in [0.25, 0.3) is 0 Å². The molecule has 0 fully saturated rings. The fraction of sp³-hybridized carbons (Fsp3) is 0.500. The van der Waals surface area contributed by atoms with E-state index in [1.807, 2.05) is 6.92 Å². The second-order valence-electron chi connectivity index (χ2n) is 2.58. The Labute approximate surface area is 71.6 Å². The van der Waals surface area contributed by atoms with Gasteiger partial charge in [0.2, 0.25) is 0 Å². The lowest BCUT2D eigenvalue weighted by Gasteiger charge is -1.97. The minimum Gasteiger partial charge on any atom is -0.345 e. The number of nitrogens with zero attached hydrogens (tertiary/aromatic N) is 2. The van der Waals surface area contributed by atoms with Crippen LogP contribution in [-0.4, -0.2) is 16.5 Å². The van der Waals surface area contributed by atoms with Crippen LogP contribution in [0.1, 0.15) is 17.9 Å². The molecular formula is C8H12N4. The quantitative estimate of drug-likeness (QED) is 0.644. The minimum atomic E-state index is 0.549. The number of aryl methyl sites for hydroxylation is 1. The van der Waals surface area contributed by atoms with Gasteiger partial charge in [0, 0.05) is 31.4 Å². The van der Waals surface area contributed by atoms with Gasteiger partial charge in [-0.1, -0.05) is 0 Å². The Kier molecular flexibility index (Phi) is 3.30. The van der Waals surface area contributed by atoms with E-state index < -0.39 is 0 Å². The molecule has 0 aliphatic heterocycles. The van der Waals surface area contributed by atoms with Gasteiger partial charge in [-0.15, -0.1) is 0 Å². The van der Waals surface area contributed by atoms with E-state index in [9.17, 15) is 0 Å². The molecule has 0 saturated carbocycles. The molecule has 64 valence electrons.